The van der Waals surface area contributed by atoms with E-state index < -0.39 is 15.6 Å². The van der Waals surface area contributed by atoms with E-state index in [1.807, 2.05) is 52.1 Å². The van der Waals surface area contributed by atoms with E-state index in [2.05, 4.69) is 10.0 Å². The molecule has 0 atom stereocenters. The molecule has 6 heteroatoms. The van der Waals surface area contributed by atoms with Crippen molar-refractivity contribution in [2.75, 3.05) is 7.05 Å². The molecule has 0 amide bonds. The minimum Gasteiger partial charge on any atom is -0.315 e. The summed E-state index contributed by atoms with van der Waals surface area (Å²) in [6.45, 7) is 6.32. The molecule has 0 fully saturated rings. The van der Waals surface area contributed by atoms with E-state index in [0.717, 1.165) is 21.4 Å². The highest BCUT2D eigenvalue weighted by molar-refractivity contribution is 7.90. The topological polar surface area (TPSA) is 58.2 Å². The Bertz CT molecular complexity index is 733. The molecule has 0 bridgehead atoms. The van der Waals surface area contributed by atoms with E-state index in [-0.39, 0.29) is 0 Å². The lowest BCUT2D eigenvalue weighted by Crippen LogP contribution is -2.42. The molecule has 116 valence electrons. The Labute approximate surface area is 130 Å². The zero-order chi connectivity index (χ0) is 15.7. The van der Waals surface area contributed by atoms with Crippen LogP contribution in [-0.4, -0.2) is 21.0 Å². The molecular weight excluding hydrogens is 304 g/mol. The second-order valence-corrected chi connectivity index (χ2v) is 8.48. The lowest BCUT2D eigenvalue weighted by atomic mass is 10.0. The van der Waals surface area contributed by atoms with Crippen molar-refractivity contribution >= 4 is 31.4 Å². The molecule has 21 heavy (non-hydrogen) atoms. The first-order chi connectivity index (χ1) is 9.80. The maximum absolute atomic E-state index is 12.8. The molecule has 2 rings (SSSR count). The average Bonchev–Trinajstić information content (AvgIpc) is 2.76. The summed E-state index contributed by atoms with van der Waals surface area (Å²) >= 11 is 1.53. The fourth-order valence-corrected chi connectivity index (χ4v) is 5.57. The van der Waals surface area contributed by atoms with Crippen LogP contribution in [0.15, 0.2) is 29.2 Å². The first-order valence-corrected chi connectivity index (χ1v) is 9.29. The lowest BCUT2D eigenvalue weighted by molar-refractivity contribution is 0.439. The molecule has 0 unspecified atom stereocenters. The van der Waals surface area contributed by atoms with Crippen LogP contribution in [0.1, 0.15) is 32.1 Å². The molecule has 0 saturated heterocycles. The summed E-state index contributed by atoms with van der Waals surface area (Å²) in [5.41, 5.74) is -0.460. The van der Waals surface area contributed by atoms with Gasteiger partial charge in [-0.25, -0.2) is 13.1 Å². The third-order valence-corrected chi connectivity index (χ3v) is 6.64. The van der Waals surface area contributed by atoms with Gasteiger partial charge >= 0.3 is 0 Å². The molecule has 0 spiro atoms. The number of fused-ring (bicyclic) bond motifs is 1. The van der Waals surface area contributed by atoms with Crippen LogP contribution in [0, 0.1) is 0 Å². The number of rotatable bonds is 6. The van der Waals surface area contributed by atoms with Crippen LogP contribution >= 0.6 is 11.3 Å². The van der Waals surface area contributed by atoms with Gasteiger partial charge in [0, 0.05) is 27.0 Å². The fraction of sp³-hybridized carbons (Fsp3) is 0.467. The average molecular weight is 326 g/mol. The maximum atomic E-state index is 12.8. The van der Waals surface area contributed by atoms with Crippen molar-refractivity contribution in [3.8, 4) is 0 Å². The summed E-state index contributed by atoms with van der Waals surface area (Å²) in [7, 11) is -1.72. The van der Waals surface area contributed by atoms with E-state index in [4.69, 9.17) is 0 Å². The highest BCUT2D eigenvalue weighted by Gasteiger charge is 2.29. The van der Waals surface area contributed by atoms with Crippen molar-refractivity contribution in [3.05, 3.63) is 29.1 Å². The van der Waals surface area contributed by atoms with Crippen LogP contribution < -0.4 is 10.0 Å². The Morgan fingerprint density at radius 1 is 1.24 bits per heavy atom. The Morgan fingerprint density at radius 2 is 1.90 bits per heavy atom. The van der Waals surface area contributed by atoms with Gasteiger partial charge < -0.3 is 5.32 Å². The van der Waals surface area contributed by atoms with Gasteiger partial charge in [-0.05, 0) is 33.4 Å². The Balaban J connectivity index is 2.60. The minimum absolute atomic E-state index is 0.416. The van der Waals surface area contributed by atoms with Gasteiger partial charge in [0.05, 0.1) is 0 Å². The minimum atomic E-state index is -3.55. The molecule has 0 aliphatic carbocycles. The third-order valence-electron chi connectivity index (χ3n) is 3.52. The number of sulfonamides is 1. The quantitative estimate of drug-likeness (QED) is 0.857. The lowest BCUT2D eigenvalue weighted by Gasteiger charge is -2.24. The molecule has 1 aromatic heterocycles. The van der Waals surface area contributed by atoms with E-state index in [1.165, 1.54) is 11.3 Å². The van der Waals surface area contributed by atoms with Crippen LogP contribution in [0.25, 0.3) is 10.1 Å². The van der Waals surface area contributed by atoms with Gasteiger partial charge in [-0.15, -0.1) is 11.3 Å². The summed E-state index contributed by atoms with van der Waals surface area (Å²) in [6.07, 6.45) is 0.732. The number of hydrogen-bond acceptors (Lipinski definition) is 4. The van der Waals surface area contributed by atoms with Crippen LogP contribution in [0.3, 0.4) is 0 Å². The first kappa shape index (κ1) is 16.4. The predicted molar refractivity (Wildman–Crippen MR) is 89.3 cm³/mol. The maximum Gasteiger partial charge on any atom is 0.242 e. The third kappa shape index (κ3) is 3.45. The van der Waals surface area contributed by atoms with Gasteiger partial charge in [0.1, 0.15) is 4.90 Å². The summed E-state index contributed by atoms with van der Waals surface area (Å²) in [4.78, 5) is 1.26. The van der Waals surface area contributed by atoms with Crippen LogP contribution in [0.4, 0.5) is 0 Å². The Hall–Kier alpha value is -0.950. The summed E-state index contributed by atoms with van der Waals surface area (Å²) < 4.78 is 29.5. The number of nitrogens with one attached hydrogen (secondary N) is 2. The highest BCUT2D eigenvalue weighted by Crippen LogP contribution is 2.35. The SMILES string of the molecule is CCC(C)(C)NS(=O)(=O)c1c(CNC)sc2ccccc12. The van der Waals surface area contributed by atoms with Crippen LogP contribution in [-0.2, 0) is 16.6 Å². The molecular formula is C15H22N2O2S2. The van der Waals surface area contributed by atoms with Gasteiger partial charge in [0.25, 0.3) is 0 Å². The van der Waals surface area contributed by atoms with Crippen LogP contribution in [0.5, 0.6) is 0 Å². The molecule has 2 N–H and O–H groups in total. The summed E-state index contributed by atoms with van der Waals surface area (Å²) in [5, 5.41) is 3.85. The van der Waals surface area contributed by atoms with E-state index in [9.17, 15) is 8.42 Å². The van der Waals surface area contributed by atoms with Crippen molar-refractivity contribution in [1.29, 1.82) is 0 Å². The zero-order valence-corrected chi connectivity index (χ0v) is 14.5. The second-order valence-electron chi connectivity index (χ2n) is 5.72. The molecule has 0 aliphatic heterocycles. The molecule has 1 heterocycles. The molecule has 1 aromatic carbocycles. The van der Waals surface area contributed by atoms with E-state index in [1.54, 1.807) is 0 Å². The van der Waals surface area contributed by atoms with Gasteiger partial charge in [-0.2, -0.15) is 0 Å². The van der Waals surface area contributed by atoms with Gasteiger partial charge in [0.15, 0.2) is 0 Å². The van der Waals surface area contributed by atoms with Crippen LogP contribution in [0.2, 0.25) is 0 Å². The number of hydrogen-bond donors (Lipinski definition) is 2. The van der Waals surface area contributed by atoms with Crippen molar-refractivity contribution < 1.29 is 8.42 Å². The number of benzene rings is 1. The van der Waals surface area contributed by atoms with Crippen molar-refractivity contribution in [2.45, 2.75) is 44.2 Å². The molecule has 2 aromatic rings. The standard InChI is InChI=1S/C15H22N2O2S2/c1-5-15(2,3)17-21(18,19)14-11-8-6-7-9-12(11)20-13(14)10-16-4/h6-9,16-17H,5,10H2,1-4H3. The summed E-state index contributed by atoms with van der Waals surface area (Å²) in [6, 6.07) is 7.64. The molecule has 0 radical (unpaired) electrons. The summed E-state index contributed by atoms with van der Waals surface area (Å²) in [5.74, 6) is 0. The zero-order valence-electron chi connectivity index (χ0n) is 12.9. The predicted octanol–water partition coefficient (Wildman–Crippen LogP) is 3.09. The highest BCUT2D eigenvalue weighted by atomic mass is 32.2. The Kier molecular flexibility index (Phi) is 4.72. The largest absolute Gasteiger partial charge is 0.315 e. The van der Waals surface area contributed by atoms with Gasteiger partial charge in [-0.3, -0.25) is 0 Å². The molecule has 0 saturated carbocycles. The fourth-order valence-electron chi connectivity index (χ4n) is 2.13. The van der Waals surface area contributed by atoms with Crippen molar-refractivity contribution in [3.63, 3.8) is 0 Å². The normalized spacial score (nSPS) is 13.0. The Morgan fingerprint density at radius 3 is 2.52 bits per heavy atom. The number of thiophene rings is 1. The van der Waals surface area contributed by atoms with E-state index >= 15 is 0 Å². The molecule has 0 aliphatic rings. The van der Waals surface area contributed by atoms with Crippen molar-refractivity contribution in [1.82, 2.24) is 10.0 Å². The van der Waals surface area contributed by atoms with E-state index in [0.29, 0.717) is 11.4 Å². The second kappa shape index (κ2) is 6.04. The first-order valence-electron chi connectivity index (χ1n) is 6.99. The monoisotopic (exact) mass is 326 g/mol. The van der Waals surface area contributed by atoms with Crippen molar-refractivity contribution in [2.24, 2.45) is 0 Å². The molecule has 4 nitrogen and oxygen atoms in total. The van der Waals surface area contributed by atoms with Gasteiger partial charge in [-0.1, -0.05) is 25.1 Å². The smallest absolute Gasteiger partial charge is 0.242 e. The van der Waals surface area contributed by atoms with Gasteiger partial charge in [0.2, 0.25) is 10.0 Å².